The fourth-order valence-corrected chi connectivity index (χ4v) is 2.50. The second-order valence-corrected chi connectivity index (χ2v) is 4.22. The summed E-state index contributed by atoms with van der Waals surface area (Å²) in [6.07, 6.45) is 6.75. The number of rotatable bonds is 0. The van der Waals surface area contributed by atoms with Gasteiger partial charge in [-0.1, -0.05) is 0 Å². The molecular weight excluding hydrogens is 150 g/mol. The highest BCUT2D eigenvalue weighted by molar-refractivity contribution is 4.84. The zero-order chi connectivity index (χ0) is 8.28. The fraction of sp³-hybridized carbons (Fsp3) is 1.00. The molecule has 0 aliphatic carbocycles. The zero-order valence-electron chi connectivity index (χ0n) is 7.77. The van der Waals surface area contributed by atoms with Gasteiger partial charge in [0.25, 0.3) is 0 Å². The average Bonchev–Trinajstić information content (AvgIpc) is 2.33. The number of ether oxygens (including phenoxy) is 1. The molecule has 0 aromatic rings. The van der Waals surface area contributed by atoms with Crippen LogP contribution < -0.4 is 5.32 Å². The van der Waals surface area contributed by atoms with Gasteiger partial charge in [0, 0.05) is 13.2 Å². The minimum Gasteiger partial charge on any atom is -0.381 e. The van der Waals surface area contributed by atoms with Crippen molar-refractivity contribution in [3.8, 4) is 0 Å². The third kappa shape index (κ3) is 1.80. The maximum atomic E-state index is 5.42. The second kappa shape index (κ2) is 3.75. The molecule has 2 saturated heterocycles. The molecule has 0 aromatic heterocycles. The van der Waals surface area contributed by atoms with E-state index in [1.165, 1.54) is 45.2 Å². The van der Waals surface area contributed by atoms with E-state index in [-0.39, 0.29) is 0 Å². The van der Waals surface area contributed by atoms with Gasteiger partial charge in [-0.05, 0) is 50.6 Å². The summed E-state index contributed by atoms with van der Waals surface area (Å²) in [5.74, 6) is 0. The molecule has 12 heavy (non-hydrogen) atoms. The Hall–Kier alpha value is -0.0800. The first kappa shape index (κ1) is 8.52. The van der Waals surface area contributed by atoms with E-state index < -0.39 is 0 Å². The van der Waals surface area contributed by atoms with Crippen LogP contribution in [0.1, 0.15) is 32.1 Å². The van der Waals surface area contributed by atoms with Crippen LogP contribution in [-0.4, -0.2) is 26.3 Å². The molecular formula is C10H19NO. The van der Waals surface area contributed by atoms with Crippen molar-refractivity contribution < 1.29 is 4.74 Å². The van der Waals surface area contributed by atoms with Crippen molar-refractivity contribution in [1.29, 1.82) is 0 Å². The van der Waals surface area contributed by atoms with E-state index in [1.54, 1.807) is 0 Å². The van der Waals surface area contributed by atoms with Crippen molar-refractivity contribution >= 4 is 0 Å². The van der Waals surface area contributed by atoms with Crippen LogP contribution in [0.3, 0.4) is 0 Å². The third-order valence-corrected chi connectivity index (χ3v) is 3.45. The molecule has 1 N–H and O–H groups in total. The second-order valence-electron chi connectivity index (χ2n) is 4.22. The highest BCUT2D eigenvalue weighted by atomic mass is 16.5. The van der Waals surface area contributed by atoms with Gasteiger partial charge in [-0.3, -0.25) is 0 Å². The van der Waals surface area contributed by atoms with Gasteiger partial charge in [0.2, 0.25) is 0 Å². The largest absolute Gasteiger partial charge is 0.381 e. The highest BCUT2D eigenvalue weighted by Gasteiger charge is 2.32. The van der Waals surface area contributed by atoms with Crippen LogP contribution in [0.5, 0.6) is 0 Å². The summed E-state index contributed by atoms with van der Waals surface area (Å²) in [7, 11) is 0. The van der Waals surface area contributed by atoms with Crippen LogP contribution in [0.25, 0.3) is 0 Å². The number of hydrogen-bond donors (Lipinski definition) is 1. The predicted molar refractivity (Wildman–Crippen MR) is 49.2 cm³/mol. The number of nitrogens with one attached hydrogen (secondary N) is 1. The summed E-state index contributed by atoms with van der Waals surface area (Å²) < 4.78 is 5.42. The molecule has 0 bridgehead atoms. The van der Waals surface area contributed by atoms with E-state index in [0.29, 0.717) is 5.41 Å². The summed E-state index contributed by atoms with van der Waals surface area (Å²) >= 11 is 0. The Morgan fingerprint density at radius 1 is 0.917 bits per heavy atom. The molecule has 0 radical (unpaired) electrons. The molecule has 0 unspecified atom stereocenters. The van der Waals surface area contributed by atoms with Crippen LogP contribution in [0, 0.1) is 5.41 Å². The zero-order valence-corrected chi connectivity index (χ0v) is 7.77. The van der Waals surface area contributed by atoms with E-state index in [9.17, 15) is 0 Å². The van der Waals surface area contributed by atoms with Crippen molar-refractivity contribution in [2.24, 2.45) is 5.41 Å². The van der Waals surface area contributed by atoms with Gasteiger partial charge in [-0.15, -0.1) is 0 Å². The van der Waals surface area contributed by atoms with E-state index in [2.05, 4.69) is 5.32 Å². The molecule has 70 valence electrons. The summed E-state index contributed by atoms with van der Waals surface area (Å²) in [4.78, 5) is 0. The van der Waals surface area contributed by atoms with Gasteiger partial charge in [0.1, 0.15) is 0 Å². The SMILES string of the molecule is C1CNCCC2(C1)CCOCC2. The molecule has 2 nitrogen and oxygen atoms in total. The van der Waals surface area contributed by atoms with Crippen molar-refractivity contribution in [1.82, 2.24) is 5.32 Å². The molecule has 2 fully saturated rings. The lowest BCUT2D eigenvalue weighted by Gasteiger charge is -2.36. The van der Waals surface area contributed by atoms with Crippen LogP contribution in [0.15, 0.2) is 0 Å². The van der Waals surface area contributed by atoms with Crippen LogP contribution >= 0.6 is 0 Å². The topological polar surface area (TPSA) is 21.3 Å². The third-order valence-electron chi connectivity index (χ3n) is 3.45. The summed E-state index contributed by atoms with van der Waals surface area (Å²) in [6, 6.07) is 0. The molecule has 0 atom stereocenters. The Kier molecular flexibility index (Phi) is 2.66. The lowest BCUT2D eigenvalue weighted by atomic mass is 9.74. The molecule has 2 aliphatic heterocycles. The summed E-state index contributed by atoms with van der Waals surface area (Å²) in [6.45, 7) is 4.45. The van der Waals surface area contributed by atoms with Crippen molar-refractivity contribution in [3.05, 3.63) is 0 Å². The Balaban J connectivity index is 1.95. The molecule has 2 heterocycles. The molecule has 2 rings (SSSR count). The molecule has 2 aliphatic rings. The minimum atomic E-state index is 0.655. The first-order valence-corrected chi connectivity index (χ1v) is 5.20. The lowest BCUT2D eigenvalue weighted by molar-refractivity contribution is 0.00841. The predicted octanol–water partition coefficient (Wildman–Crippen LogP) is 1.56. The number of hydrogen-bond acceptors (Lipinski definition) is 2. The summed E-state index contributed by atoms with van der Waals surface area (Å²) in [5, 5.41) is 3.48. The van der Waals surface area contributed by atoms with Crippen molar-refractivity contribution in [3.63, 3.8) is 0 Å². The van der Waals surface area contributed by atoms with Gasteiger partial charge < -0.3 is 10.1 Å². The Morgan fingerprint density at radius 3 is 2.58 bits per heavy atom. The van der Waals surface area contributed by atoms with Gasteiger partial charge in [-0.2, -0.15) is 0 Å². The molecule has 0 aromatic carbocycles. The maximum absolute atomic E-state index is 5.42. The van der Waals surface area contributed by atoms with Crippen LogP contribution in [0.4, 0.5) is 0 Å². The first-order chi connectivity index (χ1) is 5.91. The smallest absolute Gasteiger partial charge is 0.0471 e. The monoisotopic (exact) mass is 169 g/mol. The molecule has 0 saturated carbocycles. The molecule has 2 heteroatoms. The van der Waals surface area contributed by atoms with Crippen molar-refractivity contribution in [2.75, 3.05) is 26.3 Å². The average molecular weight is 169 g/mol. The summed E-state index contributed by atoms with van der Waals surface area (Å²) in [5.41, 5.74) is 0.655. The van der Waals surface area contributed by atoms with E-state index in [1.807, 2.05) is 0 Å². The van der Waals surface area contributed by atoms with Gasteiger partial charge >= 0.3 is 0 Å². The quantitative estimate of drug-likeness (QED) is 0.594. The van der Waals surface area contributed by atoms with E-state index in [4.69, 9.17) is 4.74 Å². The molecule has 1 spiro atoms. The Morgan fingerprint density at radius 2 is 1.75 bits per heavy atom. The standard InChI is InChI=1S/C10H19NO/c1-2-10(3-7-11-6-1)4-8-12-9-5-10/h11H,1-9H2. The van der Waals surface area contributed by atoms with Gasteiger partial charge in [-0.25, -0.2) is 0 Å². The maximum Gasteiger partial charge on any atom is 0.0471 e. The first-order valence-electron chi connectivity index (χ1n) is 5.20. The van der Waals surface area contributed by atoms with Crippen LogP contribution in [-0.2, 0) is 4.74 Å². The van der Waals surface area contributed by atoms with Gasteiger partial charge in [0.15, 0.2) is 0 Å². The van der Waals surface area contributed by atoms with E-state index >= 15 is 0 Å². The lowest BCUT2D eigenvalue weighted by Crippen LogP contribution is -2.30. The van der Waals surface area contributed by atoms with Gasteiger partial charge in [0.05, 0.1) is 0 Å². The normalized spacial score (nSPS) is 30.0. The molecule has 0 amide bonds. The minimum absolute atomic E-state index is 0.655. The Bertz CT molecular complexity index is 131. The Labute approximate surface area is 74.7 Å². The fourth-order valence-electron chi connectivity index (χ4n) is 2.50. The highest BCUT2D eigenvalue weighted by Crippen LogP contribution is 2.39. The van der Waals surface area contributed by atoms with Crippen LogP contribution in [0.2, 0.25) is 0 Å². The van der Waals surface area contributed by atoms with E-state index in [0.717, 1.165) is 13.2 Å². The van der Waals surface area contributed by atoms with Crippen molar-refractivity contribution in [2.45, 2.75) is 32.1 Å².